The van der Waals surface area contributed by atoms with Crippen LogP contribution in [-0.2, 0) is 0 Å². The highest BCUT2D eigenvalue weighted by Gasteiger charge is 2.13. The number of methoxy groups -OCH3 is 1. The summed E-state index contributed by atoms with van der Waals surface area (Å²) in [7, 11) is 5.34. The minimum absolute atomic E-state index is 0.163. The first-order chi connectivity index (χ1) is 9.11. The smallest absolute Gasteiger partial charge is 0.265 e. The Morgan fingerprint density at radius 3 is 2.89 bits per heavy atom. The van der Waals surface area contributed by atoms with Crippen LogP contribution in [0.25, 0.3) is 0 Å². The Kier molecular flexibility index (Phi) is 4.01. The van der Waals surface area contributed by atoms with E-state index in [4.69, 9.17) is 4.74 Å². The molecule has 0 unspecified atom stereocenters. The van der Waals surface area contributed by atoms with Gasteiger partial charge < -0.3 is 15.0 Å². The van der Waals surface area contributed by atoms with Gasteiger partial charge in [-0.1, -0.05) is 0 Å². The van der Waals surface area contributed by atoms with Gasteiger partial charge in [-0.3, -0.25) is 4.79 Å². The zero-order valence-electron chi connectivity index (χ0n) is 11.0. The lowest BCUT2D eigenvalue weighted by Gasteiger charge is -2.15. The Hall–Kier alpha value is -2.08. The second-order valence-electron chi connectivity index (χ2n) is 4.07. The van der Waals surface area contributed by atoms with E-state index in [9.17, 15) is 4.79 Å². The molecule has 0 aliphatic rings. The van der Waals surface area contributed by atoms with E-state index >= 15 is 0 Å². The second-order valence-corrected chi connectivity index (χ2v) is 4.99. The third-order valence-electron chi connectivity index (χ3n) is 2.49. The van der Waals surface area contributed by atoms with Gasteiger partial charge in [-0.15, -0.1) is 11.3 Å². The van der Waals surface area contributed by atoms with Crippen molar-refractivity contribution in [2.24, 2.45) is 0 Å². The van der Waals surface area contributed by atoms with Crippen LogP contribution < -0.4 is 15.0 Å². The molecule has 0 aliphatic carbocycles. The number of rotatable bonds is 4. The molecular weight excluding hydrogens is 262 g/mol. The van der Waals surface area contributed by atoms with E-state index < -0.39 is 0 Å². The van der Waals surface area contributed by atoms with Gasteiger partial charge in [-0.2, -0.15) is 0 Å². The van der Waals surface area contributed by atoms with E-state index in [0.717, 1.165) is 5.82 Å². The number of pyridine rings is 1. The lowest BCUT2D eigenvalue weighted by atomic mass is 10.3. The van der Waals surface area contributed by atoms with Gasteiger partial charge in [0.1, 0.15) is 5.75 Å². The van der Waals surface area contributed by atoms with Crippen LogP contribution in [-0.4, -0.2) is 32.1 Å². The molecule has 1 N–H and O–H groups in total. The molecule has 0 aromatic carbocycles. The molecule has 19 heavy (non-hydrogen) atoms. The summed E-state index contributed by atoms with van der Waals surface area (Å²) in [5, 5.41) is 4.65. The minimum Gasteiger partial charge on any atom is -0.496 e. The number of carbonyl (C=O) groups excluding carboxylic acids is 1. The first-order valence-electron chi connectivity index (χ1n) is 5.68. The summed E-state index contributed by atoms with van der Waals surface area (Å²) in [5.74, 6) is 1.25. The summed E-state index contributed by atoms with van der Waals surface area (Å²) in [6.07, 6.45) is 1.69. The molecular formula is C13H15N3O2S. The van der Waals surface area contributed by atoms with Crippen molar-refractivity contribution < 1.29 is 9.53 Å². The van der Waals surface area contributed by atoms with Crippen LogP contribution in [0.1, 0.15) is 9.67 Å². The number of nitrogens with zero attached hydrogens (tertiary/aromatic N) is 2. The molecule has 100 valence electrons. The van der Waals surface area contributed by atoms with E-state index in [2.05, 4.69) is 10.3 Å². The van der Waals surface area contributed by atoms with Crippen molar-refractivity contribution in [1.29, 1.82) is 0 Å². The molecule has 0 aliphatic heterocycles. The maximum Gasteiger partial charge on any atom is 0.265 e. The largest absolute Gasteiger partial charge is 0.496 e. The van der Waals surface area contributed by atoms with Crippen molar-refractivity contribution in [1.82, 2.24) is 4.98 Å². The van der Waals surface area contributed by atoms with Crippen molar-refractivity contribution in [2.75, 3.05) is 31.4 Å². The van der Waals surface area contributed by atoms with Crippen LogP contribution >= 0.6 is 11.3 Å². The lowest BCUT2D eigenvalue weighted by molar-refractivity contribution is 0.103. The monoisotopic (exact) mass is 277 g/mol. The summed E-state index contributed by atoms with van der Waals surface area (Å²) in [6, 6.07) is 5.33. The van der Waals surface area contributed by atoms with Gasteiger partial charge in [0, 0.05) is 31.7 Å². The van der Waals surface area contributed by atoms with E-state index in [-0.39, 0.29) is 5.91 Å². The Balaban J connectivity index is 2.19. The number of thiophene rings is 1. The number of hydrogen-bond acceptors (Lipinski definition) is 5. The molecule has 0 atom stereocenters. The van der Waals surface area contributed by atoms with Gasteiger partial charge in [0.2, 0.25) is 0 Å². The van der Waals surface area contributed by atoms with E-state index in [1.165, 1.54) is 11.3 Å². The summed E-state index contributed by atoms with van der Waals surface area (Å²) >= 11 is 1.34. The highest BCUT2D eigenvalue weighted by Crippen LogP contribution is 2.25. The number of ether oxygens (including phenoxy) is 1. The van der Waals surface area contributed by atoms with Crippen LogP contribution in [0.2, 0.25) is 0 Å². The van der Waals surface area contributed by atoms with Gasteiger partial charge in [-0.05, 0) is 12.1 Å². The highest BCUT2D eigenvalue weighted by molar-refractivity contribution is 7.12. The molecule has 0 spiro atoms. The van der Waals surface area contributed by atoms with E-state index in [0.29, 0.717) is 16.3 Å². The predicted molar refractivity (Wildman–Crippen MR) is 77.4 cm³/mol. The lowest BCUT2D eigenvalue weighted by Crippen LogP contribution is -2.17. The van der Waals surface area contributed by atoms with Crippen molar-refractivity contribution in [3.8, 4) is 5.75 Å². The summed E-state index contributed by atoms with van der Waals surface area (Å²) in [6.45, 7) is 0. The predicted octanol–water partition coefficient (Wildman–Crippen LogP) is 2.47. The molecule has 0 fully saturated rings. The molecule has 0 saturated carbocycles. The standard InChI is InChI=1S/C13H15N3O2S/c1-16(2)12-10(5-4-6-14-12)15-13(17)11-7-9(18-3)8-19-11/h4-8H,1-3H3,(H,15,17). The summed E-state index contributed by atoms with van der Waals surface area (Å²) < 4.78 is 5.07. The number of amides is 1. The average Bonchev–Trinajstić information content (AvgIpc) is 2.88. The number of aromatic nitrogens is 1. The maximum atomic E-state index is 12.1. The SMILES string of the molecule is COc1csc(C(=O)Nc2cccnc2N(C)C)c1. The normalized spacial score (nSPS) is 10.1. The van der Waals surface area contributed by atoms with E-state index in [1.807, 2.05) is 25.1 Å². The summed E-state index contributed by atoms with van der Waals surface area (Å²) in [5.41, 5.74) is 0.685. The Morgan fingerprint density at radius 1 is 1.47 bits per heavy atom. The van der Waals surface area contributed by atoms with Crippen LogP contribution in [0.4, 0.5) is 11.5 Å². The highest BCUT2D eigenvalue weighted by atomic mass is 32.1. The fourth-order valence-corrected chi connectivity index (χ4v) is 2.33. The zero-order valence-corrected chi connectivity index (χ0v) is 11.8. The van der Waals surface area contributed by atoms with Crippen molar-refractivity contribution >= 4 is 28.7 Å². The zero-order chi connectivity index (χ0) is 13.8. The van der Waals surface area contributed by atoms with Crippen LogP contribution in [0, 0.1) is 0 Å². The molecule has 6 heteroatoms. The molecule has 2 heterocycles. The third kappa shape index (κ3) is 3.03. The molecule has 1 amide bonds. The van der Waals surface area contributed by atoms with Crippen molar-refractivity contribution in [3.05, 3.63) is 34.7 Å². The fourth-order valence-electron chi connectivity index (χ4n) is 1.58. The molecule has 2 aromatic rings. The first-order valence-corrected chi connectivity index (χ1v) is 6.56. The topological polar surface area (TPSA) is 54.5 Å². The molecule has 0 bridgehead atoms. The third-order valence-corrected chi connectivity index (χ3v) is 3.40. The molecule has 5 nitrogen and oxygen atoms in total. The van der Waals surface area contributed by atoms with Gasteiger partial charge in [-0.25, -0.2) is 4.98 Å². The molecule has 2 aromatic heterocycles. The first kappa shape index (κ1) is 13.4. The van der Waals surface area contributed by atoms with Crippen molar-refractivity contribution in [2.45, 2.75) is 0 Å². The molecule has 0 radical (unpaired) electrons. The molecule has 0 saturated heterocycles. The van der Waals surface area contributed by atoms with Crippen molar-refractivity contribution in [3.63, 3.8) is 0 Å². The maximum absolute atomic E-state index is 12.1. The minimum atomic E-state index is -0.163. The number of hydrogen-bond donors (Lipinski definition) is 1. The van der Waals surface area contributed by atoms with Gasteiger partial charge >= 0.3 is 0 Å². The Morgan fingerprint density at radius 2 is 2.26 bits per heavy atom. The van der Waals surface area contributed by atoms with Gasteiger partial charge in [0.15, 0.2) is 5.82 Å². The van der Waals surface area contributed by atoms with E-state index in [1.54, 1.807) is 30.8 Å². The number of nitrogens with one attached hydrogen (secondary N) is 1. The van der Waals surface area contributed by atoms with Crippen LogP contribution in [0.5, 0.6) is 5.75 Å². The average molecular weight is 277 g/mol. The number of anilines is 2. The fraction of sp³-hybridized carbons (Fsp3) is 0.231. The van der Waals surface area contributed by atoms with Crippen LogP contribution in [0.3, 0.4) is 0 Å². The summed E-state index contributed by atoms with van der Waals surface area (Å²) in [4.78, 5) is 18.8. The molecule has 2 rings (SSSR count). The Labute approximate surface area is 115 Å². The van der Waals surface area contributed by atoms with Gasteiger partial charge in [0.25, 0.3) is 5.91 Å². The number of carbonyl (C=O) groups is 1. The second kappa shape index (κ2) is 5.71. The van der Waals surface area contributed by atoms with Gasteiger partial charge in [0.05, 0.1) is 17.7 Å². The van der Waals surface area contributed by atoms with Crippen LogP contribution in [0.15, 0.2) is 29.8 Å². The quantitative estimate of drug-likeness (QED) is 0.932. The Bertz CT molecular complexity index is 581.